The molecule has 138 valence electrons. The van der Waals surface area contributed by atoms with E-state index >= 15 is 0 Å². The third kappa shape index (κ3) is 4.64. The van der Waals surface area contributed by atoms with E-state index in [9.17, 15) is 14.7 Å². The molecule has 9 heteroatoms. The van der Waals surface area contributed by atoms with Gasteiger partial charge in [0.15, 0.2) is 5.69 Å². The molecule has 0 atom stereocenters. The first-order valence-electron chi connectivity index (χ1n) is 7.93. The van der Waals surface area contributed by atoms with Gasteiger partial charge in [-0.25, -0.2) is 0 Å². The van der Waals surface area contributed by atoms with Crippen molar-refractivity contribution in [1.82, 2.24) is 4.98 Å². The summed E-state index contributed by atoms with van der Waals surface area (Å²) in [4.78, 5) is 26.6. The first kappa shape index (κ1) is 18.9. The number of hydrogen-bond donors (Lipinski definition) is 3. The number of carbonyl (C=O) groups excluding carboxylic acids is 2. The summed E-state index contributed by atoms with van der Waals surface area (Å²) in [5.74, 6) is -1.15. The Labute approximate surface area is 164 Å². The number of carbonyl (C=O) groups is 2. The van der Waals surface area contributed by atoms with E-state index in [0.29, 0.717) is 26.6 Å². The predicted molar refractivity (Wildman–Crippen MR) is 104 cm³/mol. The number of hydrogen-bond acceptors (Lipinski definition) is 4. The Hall–Kier alpha value is -2.90. The maximum absolute atomic E-state index is 11.9. The zero-order chi connectivity index (χ0) is 19.4. The third-order valence-corrected chi connectivity index (χ3v) is 4.24. The number of aromatic hydroxyl groups is 1. The SMILES string of the molecule is O=C(CCC(=O)Nc1ccc(Cl)cc1Cl)N=Nc1c(O)[nH]c2ccccc12. The quantitative estimate of drug-likeness (QED) is 0.507. The van der Waals surface area contributed by atoms with E-state index in [4.69, 9.17) is 23.2 Å². The maximum atomic E-state index is 11.9. The van der Waals surface area contributed by atoms with Gasteiger partial charge in [0, 0.05) is 23.3 Å². The highest BCUT2D eigenvalue weighted by molar-refractivity contribution is 6.36. The largest absolute Gasteiger partial charge is 0.493 e. The van der Waals surface area contributed by atoms with E-state index in [1.165, 1.54) is 6.07 Å². The van der Waals surface area contributed by atoms with Gasteiger partial charge in [0.05, 0.1) is 16.2 Å². The fourth-order valence-electron chi connectivity index (χ4n) is 2.39. The number of aromatic amines is 1. The number of nitrogens with one attached hydrogen (secondary N) is 2. The summed E-state index contributed by atoms with van der Waals surface area (Å²) in [5.41, 5.74) is 1.26. The van der Waals surface area contributed by atoms with Gasteiger partial charge in [0.25, 0.3) is 5.91 Å². The fourth-order valence-corrected chi connectivity index (χ4v) is 2.85. The standard InChI is InChI=1S/C18H14Cl2N4O3/c19-10-5-6-14(12(20)9-10)21-15(25)7-8-16(26)23-24-17-11-3-1-2-4-13(11)22-18(17)27/h1-6,9,22,27H,7-8H2,(H,21,25). The minimum Gasteiger partial charge on any atom is -0.493 e. The molecule has 0 saturated heterocycles. The number of halogens is 2. The van der Waals surface area contributed by atoms with Crippen LogP contribution < -0.4 is 5.32 Å². The lowest BCUT2D eigenvalue weighted by Gasteiger charge is -2.06. The molecule has 0 saturated carbocycles. The summed E-state index contributed by atoms with van der Waals surface area (Å²) in [6, 6.07) is 11.8. The number of nitrogens with zero attached hydrogens (tertiary/aromatic N) is 2. The van der Waals surface area contributed by atoms with Gasteiger partial charge < -0.3 is 15.4 Å². The highest BCUT2D eigenvalue weighted by Crippen LogP contribution is 2.35. The van der Waals surface area contributed by atoms with Gasteiger partial charge >= 0.3 is 0 Å². The molecule has 3 aromatic rings. The molecule has 0 radical (unpaired) electrons. The molecule has 0 aliphatic rings. The normalized spacial score (nSPS) is 11.2. The molecular weight excluding hydrogens is 391 g/mol. The molecule has 7 nitrogen and oxygen atoms in total. The summed E-state index contributed by atoms with van der Waals surface area (Å²) in [6.07, 6.45) is -0.222. The van der Waals surface area contributed by atoms with E-state index < -0.39 is 11.8 Å². The number of fused-ring (bicyclic) bond motifs is 1. The van der Waals surface area contributed by atoms with Crippen LogP contribution in [0.1, 0.15) is 12.8 Å². The van der Waals surface area contributed by atoms with Crippen LogP contribution in [-0.4, -0.2) is 21.9 Å². The molecule has 3 rings (SSSR count). The Kier molecular flexibility index (Phi) is 5.73. The van der Waals surface area contributed by atoms with Gasteiger partial charge in [-0.15, -0.1) is 10.2 Å². The Bertz CT molecular complexity index is 1050. The van der Waals surface area contributed by atoms with Crippen molar-refractivity contribution < 1.29 is 14.7 Å². The van der Waals surface area contributed by atoms with Crippen molar-refractivity contribution in [3.05, 3.63) is 52.5 Å². The Morgan fingerprint density at radius 3 is 2.67 bits per heavy atom. The van der Waals surface area contributed by atoms with Crippen molar-refractivity contribution >= 4 is 57.3 Å². The van der Waals surface area contributed by atoms with Crippen LogP contribution in [0.3, 0.4) is 0 Å². The molecule has 0 fully saturated rings. The van der Waals surface area contributed by atoms with Crippen molar-refractivity contribution in [3.63, 3.8) is 0 Å². The Balaban J connectivity index is 1.58. The lowest BCUT2D eigenvalue weighted by Crippen LogP contribution is -2.13. The van der Waals surface area contributed by atoms with Crippen molar-refractivity contribution in [2.75, 3.05) is 5.32 Å². The van der Waals surface area contributed by atoms with Crippen molar-refractivity contribution in [3.8, 4) is 5.88 Å². The number of para-hydroxylation sites is 1. The topological polar surface area (TPSA) is 107 Å². The van der Waals surface area contributed by atoms with Crippen molar-refractivity contribution in [1.29, 1.82) is 0 Å². The van der Waals surface area contributed by atoms with Crippen LogP contribution in [0, 0.1) is 0 Å². The minimum absolute atomic E-state index is 0.0866. The molecule has 1 heterocycles. The van der Waals surface area contributed by atoms with Crippen LogP contribution in [0.5, 0.6) is 5.88 Å². The second-order valence-electron chi connectivity index (χ2n) is 5.63. The lowest BCUT2D eigenvalue weighted by atomic mass is 10.2. The fraction of sp³-hybridized carbons (Fsp3) is 0.111. The summed E-state index contributed by atoms with van der Waals surface area (Å²) >= 11 is 11.8. The third-order valence-electron chi connectivity index (χ3n) is 3.69. The molecule has 0 spiro atoms. The highest BCUT2D eigenvalue weighted by Gasteiger charge is 2.12. The maximum Gasteiger partial charge on any atom is 0.265 e. The molecule has 2 aromatic carbocycles. The molecule has 0 unspecified atom stereocenters. The van der Waals surface area contributed by atoms with Crippen LogP contribution in [0.15, 0.2) is 52.7 Å². The number of H-pyrrole nitrogens is 1. The van der Waals surface area contributed by atoms with Gasteiger partial charge in [-0.1, -0.05) is 41.4 Å². The first-order valence-corrected chi connectivity index (χ1v) is 8.69. The van der Waals surface area contributed by atoms with Gasteiger partial charge in [-0.05, 0) is 24.3 Å². The average molecular weight is 405 g/mol. The Morgan fingerprint density at radius 2 is 1.89 bits per heavy atom. The number of benzene rings is 2. The second kappa shape index (κ2) is 8.20. The van der Waals surface area contributed by atoms with E-state index in [0.717, 1.165) is 0 Å². The van der Waals surface area contributed by atoms with E-state index in [1.807, 2.05) is 0 Å². The number of azo groups is 1. The van der Waals surface area contributed by atoms with Crippen LogP contribution >= 0.6 is 23.2 Å². The zero-order valence-corrected chi connectivity index (χ0v) is 15.4. The highest BCUT2D eigenvalue weighted by atomic mass is 35.5. The van der Waals surface area contributed by atoms with Gasteiger partial charge in [-0.3, -0.25) is 9.59 Å². The number of anilines is 1. The molecule has 27 heavy (non-hydrogen) atoms. The lowest BCUT2D eigenvalue weighted by molar-refractivity contribution is -0.122. The summed E-state index contributed by atoms with van der Waals surface area (Å²) in [7, 11) is 0. The van der Waals surface area contributed by atoms with Gasteiger partial charge in [0.1, 0.15) is 0 Å². The van der Waals surface area contributed by atoms with Crippen molar-refractivity contribution in [2.24, 2.45) is 10.2 Å². The first-order chi connectivity index (χ1) is 12.9. The Morgan fingerprint density at radius 1 is 1.11 bits per heavy atom. The van der Waals surface area contributed by atoms with Crippen LogP contribution in [-0.2, 0) is 9.59 Å². The van der Waals surface area contributed by atoms with Gasteiger partial charge in [0.2, 0.25) is 11.8 Å². The number of amides is 2. The number of aromatic nitrogens is 1. The summed E-state index contributed by atoms with van der Waals surface area (Å²) in [6.45, 7) is 0. The zero-order valence-electron chi connectivity index (χ0n) is 13.9. The van der Waals surface area contributed by atoms with Crippen molar-refractivity contribution in [2.45, 2.75) is 12.8 Å². The molecule has 3 N–H and O–H groups in total. The monoisotopic (exact) mass is 404 g/mol. The molecule has 1 aromatic heterocycles. The van der Waals surface area contributed by atoms with E-state index in [-0.39, 0.29) is 24.4 Å². The van der Waals surface area contributed by atoms with E-state index in [1.54, 1.807) is 36.4 Å². The summed E-state index contributed by atoms with van der Waals surface area (Å²) < 4.78 is 0. The molecule has 0 aliphatic carbocycles. The minimum atomic E-state index is -0.586. The van der Waals surface area contributed by atoms with E-state index in [2.05, 4.69) is 20.5 Å². The molecule has 2 amide bonds. The average Bonchev–Trinajstić information content (AvgIpc) is 2.95. The second-order valence-corrected chi connectivity index (χ2v) is 6.48. The predicted octanol–water partition coefficient (Wildman–Crippen LogP) is 5.21. The number of rotatable bonds is 5. The van der Waals surface area contributed by atoms with Crippen LogP contribution in [0.2, 0.25) is 10.0 Å². The van der Waals surface area contributed by atoms with Crippen LogP contribution in [0.4, 0.5) is 11.4 Å². The van der Waals surface area contributed by atoms with Crippen LogP contribution in [0.25, 0.3) is 10.9 Å². The molecular formula is C18H14Cl2N4O3. The molecule has 0 bridgehead atoms. The molecule has 0 aliphatic heterocycles. The summed E-state index contributed by atoms with van der Waals surface area (Å²) in [5, 5.41) is 21.2. The van der Waals surface area contributed by atoms with Gasteiger partial charge in [-0.2, -0.15) is 0 Å². The smallest absolute Gasteiger partial charge is 0.265 e.